The average Bonchev–Trinajstić information content (AvgIpc) is 3.20. The number of ether oxygens (including phenoxy) is 3. The Balaban J connectivity index is 1.40. The van der Waals surface area contributed by atoms with Crippen molar-refractivity contribution in [2.24, 2.45) is 5.92 Å². The molecule has 1 saturated heterocycles. The molecule has 0 aromatic heterocycles. The van der Waals surface area contributed by atoms with Crippen LogP contribution in [0.4, 0.5) is 0 Å². The van der Waals surface area contributed by atoms with Crippen molar-refractivity contribution in [3.8, 4) is 11.5 Å². The minimum absolute atomic E-state index is 0.191. The highest BCUT2D eigenvalue weighted by molar-refractivity contribution is 5.44. The first kappa shape index (κ1) is 19.3. The molecule has 0 saturated carbocycles. The summed E-state index contributed by atoms with van der Waals surface area (Å²) in [5.74, 6) is 2.24. The van der Waals surface area contributed by atoms with E-state index in [1.54, 1.807) is 0 Å². The van der Waals surface area contributed by atoms with E-state index in [1.165, 1.54) is 11.1 Å². The lowest BCUT2D eigenvalue weighted by atomic mass is 9.68. The third kappa shape index (κ3) is 4.18. The highest BCUT2D eigenvalue weighted by Gasteiger charge is 2.38. The van der Waals surface area contributed by atoms with Crippen LogP contribution in [0.15, 0.2) is 48.5 Å². The Morgan fingerprint density at radius 3 is 2.71 bits per heavy atom. The lowest BCUT2D eigenvalue weighted by Crippen LogP contribution is -2.42. The van der Waals surface area contributed by atoms with Crippen molar-refractivity contribution >= 4 is 0 Å². The van der Waals surface area contributed by atoms with Crippen molar-refractivity contribution in [3.63, 3.8) is 0 Å². The average molecular weight is 382 g/mol. The number of nitrogens with one attached hydrogen (secondary N) is 1. The Morgan fingerprint density at radius 1 is 1.07 bits per heavy atom. The van der Waals surface area contributed by atoms with E-state index in [4.69, 9.17) is 14.2 Å². The molecular formula is C24H31NO3. The molecule has 2 aliphatic rings. The summed E-state index contributed by atoms with van der Waals surface area (Å²) in [5, 5.41) is 3.64. The topological polar surface area (TPSA) is 39.7 Å². The van der Waals surface area contributed by atoms with Gasteiger partial charge in [-0.05, 0) is 55.0 Å². The van der Waals surface area contributed by atoms with Crippen LogP contribution in [0.1, 0.15) is 44.2 Å². The van der Waals surface area contributed by atoms with Gasteiger partial charge in [-0.15, -0.1) is 0 Å². The van der Waals surface area contributed by atoms with Gasteiger partial charge in [-0.2, -0.15) is 0 Å². The lowest BCUT2D eigenvalue weighted by Gasteiger charge is -2.43. The van der Waals surface area contributed by atoms with E-state index in [0.29, 0.717) is 18.8 Å². The summed E-state index contributed by atoms with van der Waals surface area (Å²) in [6.07, 6.45) is 3.64. The maximum Gasteiger partial charge on any atom is 0.231 e. The van der Waals surface area contributed by atoms with Gasteiger partial charge in [-0.25, -0.2) is 0 Å². The van der Waals surface area contributed by atoms with Crippen molar-refractivity contribution in [3.05, 3.63) is 59.7 Å². The summed E-state index contributed by atoms with van der Waals surface area (Å²) < 4.78 is 17.0. The Bertz CT molecular complexity index is 777. The van der Waals surface area contributed by atoms with Crippen LogP contribution < -0.4 is 14.8 Å². The highest BCUT2D eigenvalue weighted by atomic mass is 16.7. The summed E-state index contributed by atoms with van der Waals surface area (Å²) in [7, 11) is 0. The summed E-state index contributed by atoms with van der Waals surface area (Å²) in [6.45, 7) is 7.53. The van der Waals surface area contributed by atoms with E-state index in [1.807, 2.05) is 6.07 Å². The summed E-state index contributed by atoms with van der Waals surface area (Å²) in [4.78, 5) is 0. The van der Waals surface area contributed by atoms with E-state index in [2.05, 4.69) is 61.6 Å². The minimum Gasteiger partial charge on any atom is -0.454 e. The number of hydrogen-bond donors (Lipinski definition) is 1. The Kier molecular flexibility index (Phi) is 5.88. The largest absolute Gasteiger partial charge is 0.454 e. The Labute approximate surface area is 168 Å². The molecule has 2 heterocycles. The van der Waals surface area contributed by atoms with E-state index in [9.17, 15) is 0 Å². The van der Waals surface area contributed by atoms with Crippen LogP contribution in [0.3, 0.4) is 0 Å². The fraction of sp³-hybridized carbons (Fsp3) is 0.500. The van der Waals surface area contributed by atoms with Crippen molar-refractivity contribution in [1.82, 2.24) is 5.32 Å². The molecule has 0 unspecified atom stereocenters. The van der Waals surface area contributed by atoms with Gasteiger partial charge in [0.15, 0.2) is 11.5 Å². The molecule has 2 aromatic carbocycles. The van der Waals surface area contributed by atoms with Crippen LogP contribution in [-0.4, -0.2) is 26.0 Å². The van der Waals surface area contributed by atoms with E-state index < -0.39 is 0 Å². The number of benzene rings is 2. The Hall–Kier alpha value is -2.04. The second kappa shape index (κ2) is 8.54. The predicted octanol–water partition coefficient (Wildman–Crippen LogP) is 4.67. The quantitative estimate of drug-likeness (QED) is 0.708. The molecule has 2 aliphatic heterocycles. The molecule has 0 spiro atoms. The van der Waals surface area contributed by atoms with Crippen LogP contribution in [-0.2, 0) is 16.7 Å². The van der Waals surface area contributed by atoms with Crippen molar-refractivity contribution in [1.29, 1.82) is 0 Å². The van der Waals surface area contributed by atoms with E-state index >= 15 is 0 Å². The maximum atomic E-state index is 6.09. The van der Waals surface area contributed by atoms with E-state index in [-0.39, 0.29) is 5.41 Å². The molecule has 0 radical (unpaired) electrons. The van der Waals surface area contributed by atoms with Crippen molar-refractivity contribution < 1.29 is 14.2 Å². The van der Waals surface area contributed by atoms with Gasteiger partial charge in [0.05, 0.1) is 6.10 Å². The minimum atomic E-state index is 0.191. The zero-order valence-electron chi connectivity index (χ0n) is 16.9. The lowest BCUT2D eigenvalue weighted by molar-refractivity contribution is -0.0469. The first-order chi connectivity index (χ1) is 13.7. The molecule has 1 fully saturated rings. The summed E-state index contributed by atoms with van der Waals surface area (Å²) in [5.41, 5.74) is 2.87. The maximum absolute atomic E-state index is 6.09. The van der Waals surface area contributed by atoms with E-state index in [0.717, 1.165) is 50.5 Å². The van der Waals surface area contributed by atoms with Gasteiger partial charge in [0.1, 0.15) is 0 Å². The molecule has 0 amide bonds. The second-order valence-electron chi connectivity index (χ2n) is 8.37. The third-order valence-corrected chi connectivity index (χ3v) is 6.18. The van der Waals surface area contributed by atoms with Crippen molar-refractivity contribution in [2.75, 3.05) is 19.9 Å². The molecular weight excluding hydrogens is 350 g/mol. The molecule has 28 heavy (non-hydrogen) atoms. The molecule has 4 heteroatoms. The van der Waals surface area contributed by atoms with Gasteiger partial charge in [0.25, 0.3) is 0 Å². The zero-order chi connectivity index (χ0) is 19.4. The van der Waals surface area contributed by atoms with Gasteiger partial charge in [-0.1, -0.05) is 50.2 Å². The molecule has 4 nitrogen and oxygen atoms in total. The van der Waals surface area contributed by atoms with Crippen LogP contribution >= 0.6 is 0 Å². The van der Waals surface area contributed by atoms with Gasteiger partial charge in [0.2, 0.25) is 6.79 Å². The fourth-order valence-corrected chi connectivity index (χ4v) is 4.42. The standard InChI is InChI=1S/C24H31NO3/c1-18(2)23-15-24(11-13-26-23,20-6-4-3-5-7-20)10-12-25-16-19-8-9-21-22(14-19)28-17-27-21/h3-9,14,18,23,25H,10-13,15-17H2,1-2H3/t23-,24-/m0/s1. The van der Waals surface area contributed by atoms with Gasteiger partial charge < -0.3 is 19.5 Å². The zero-order valence-corrected chi connectivity index (χ0v) is 16.9. The Morgan fingerprint density at radius 2 is 1.89 bits per heavy atom. The number of rotatable bonds is 7. The van der Waals surface area contributed by atoms with Gasteiger partial charge in [-0.3, -0.25) is 0 Å². The molecule has 150 valence electrons. The fourth-order valence-electron chi connectivity index (χ4n) is 4.42. The number of hydrogen-bond acceptors (Lipinski definition) is 4. The predicted molar refractivity (Wildman–Crippen MR) is 111 cm³/mol. The first-order valence-electron chi connectivity index (χ1n) is 10.4. The molecule has 0 aliphatic carbocycles. The van der Waals surface area contributed by atoms with Crippen LogP contribution in [0.5, 0.6) is 11.5 Å². The van der Waals surface area contributed by atoms with Crippen LogP contribution in [0.25, 0.3) is 0 Å². The smallest absolute Gasteiger partial charge is 0.231 e. The van der Waals surface area contributed by atoms with Gasteiger partial charge in [0, 0.05) is 18.6 Å². The summed E-state index contributed by atoms with van der Waals surface area (Å²) in [6, 6.07) is 17.2. The third-order valence-electron chi connectivity index (χ3n) is 6.18. The summed E-state index contributed by atoms with van der Waals surface area (Å²) >= 11 is 0. The number of fused-ring (bicyclic) bond motifs is 1. The molecule has 0 bridgehead atoms. The SMILES string of the molecule is CC(C)[C@@H]1C[C@@](CCNCc2ccc3c(c2)OCO3)(c2ccccc2)CCO1. The van der Waals surface area contributed by atoms with Gasteiger partial charge >= 0.3 is 0 Å². The highest BCUT2D eigenvalue weighted by Crippen LogP contribution is 2.41. The molecule has 4 rings (SSSR count). The molecule has 2 aromatic rings. The van der Waals surface area contributed by atoms with Crippen LogP contribution in [0.2, 0.25) is 0 Å². The van der Waals surface area contributed by atoms with Crippen molar-refractivity contribution in [2.45, 2.75) is 51.2 Å². The molecule has 1 N–H and O–H groups in total. The normalized spacial score (nSPS) is 23.9. The van der Waals surface area contributed by atoms with Crippen LogP contribution in [0, 0.1) is 5.92 Å². The monoisotopic (exact) mass is 381 g/mol. The first-order valence-corrected chi connectivity index (χ1v) is 10.4. The molecule has 2 atom stereocenters. The second-order valence-corrected chi connectivity index (χ2v) is 8.37.